The quantitative estimate of drug-likeness (QED) is 0.868. The molecule has 3 nitrogen and oxygen atoms in total. The van der Waals surface area contributed by atoms with Crippen LogP contribution in [0.2, 0.25) is 0 Å². The van der Waals surface area contributed by atoms with Crippen molar-refractivity contribution in [3.05, 3.63) is 39.5 Å². The van der Waals surface area contributed by atoms with Gasteiger partial charge in [-0.25, -0.2) is 4.98 Å². The smallest absolute Gasteiger partial charge is 0.207 e. The van der Waals surface area contributed by atoms with E-state index in [0.29, 0.717) is 0 Å². The SMILES string of the molecule is CCCn1ccnc1Nc1c(Br)cccc1Br. The van der Waals surface area contributed by atoms with Gasteiger partial charge >= 0.3 is 0 Å². The number of halogens is 2. The van der Waals surface area contributed by atoms with Gasteiger partial charge in [0.1, 0.15) is 0 Å². The van der Waals surface area contributed by atoms with E-state index < -0.39 is 0 Å². The fraction of sp³-hybridized carbons (Fsp3) is 0.250. The Labute approximate surface area is 118 Å². The topological polar surface area (TPSA) is 29.9 Å². The summed E-state index contributed by atoms with van der Waals surface area (Å²) in [4.78, 5) is 4.32. The maximum Gasteiger partial charge on any atom is 0.207 e. The number of rotatable bonds is 4. The molecule has 0 amide bonds. The Morgan fingerprint density at radius 1 is 1.29 bits per heavy atom. The average molecular weight is 359 g/mol. The van der Waals surface area contributed by atoms with Crippen molar-refractivity contribution < 1.29 is 0 Å². The van der Waals surface area contributed by atoms with E-state index in [1.165, 1.54) is 0 Å². The molecule has 0 fully saturated rings. The minimum Gasteiger partial charge on any atom is -0.324 e. The van der Waals surface area contributed by atoms with E-state index in [0.717, 1.165) is 33.5 Å². The predicted molar refractivity (Wildman–Crippen MR) is 77.6 cm³/mol. The summed E-state index contributed by atoms with van der Waals surface area (Å²) < 4.78 is 4.13. The van der Waals surface area contributed by atoms with Crippen LogP contribution in [0.3, 0.4) is 0 Å². The molecule has 0 atom stereocenters. The zero-order chi connectivity index (χ0) is 12.3. The Bertz CT molecular complexity index is 488. The third kappa shape index (κ3) is 2.90. The number of hydrogen-bond donors (Lipinski definition) is 1. The lowest BCUT2D eigenvalue weighted by Crippen LogP contribution is -2.03. The van der Waals surface area contributed by atoms with Crippen LogP contribution < -0.4 is 5.32 Å². The Morgan fingerprint density at radius 2 is 2.00 bits per heavy atom. The van der Waals surface area contributed by atoms with E-state index in [1.807, 2.05) is 30.6 Å². The summed E-state index contributed by atoms with van der Waals surface area (Å²) in [5.74, 6) is 0.861. The molecule has 0 radical (unpaired) electrons. The zero-order valence-electron chi connectivity index (χ0n) is 9.45. The highest BCUT2D eigenvalue weighted by atomic mass is 79.9. The Kier molecular flexibility index (Phi) is 4.23. The molecule has 0 aliphatic rings. The first-order chi connectivity index (χ1) is 8.22. The zero-order valence-corrected chi connectivity index (χ0v) is 12.6. The number of imidazole rings is 1. The van der Waals surface area contributed by atoms with Crippen molar-refractivity contribution in [2.75, 3.05) is 5.32 Å². The maximum absolute atomic E-state index is 4.32. The van der Waals surface area contributed by atoms with Crippen molar-refractivity contribution in [3.8, 4) is 0 Å². The molecule has 0 aliphatic heterocycles. The van der Waals surface area contributed by atoms with Crippen LogP contribution in [0.4, 0.5) is 11.6 Å². The van der Waals surface area contributed by atoms with Crippen molar-refractivity contribution in [3.63, 3.8) is 0 Å². The number of benzene rings is 1. The molecule has 2 rings (SSSR count). The first-order valence-electron chi connectivity index (χ1n) is 5.44. The summed E-state index contributed by atoms with van der Waals surface area (Å²) in [5, 5.41) is 3.33. The van der Waals surface area contributed by atoms with Crippen molar-refractivity contribution in [1.82, 2.24) is 9.55 Å². The number of nitrogens with one attached hydrogen (secondary N) is 1. The van der Waals surface area contributed by atoms with Gasteiger partial charge < -0.3 is 9.88 Å². The second kappa shape index (κ2) is 5.69. The molecule has 1 aromatic heterocycles. The average Bonchev–Trinajstić information content (AvgIpc) is 2.72. The summed E-state index contributed by atoms with van der Waals surface area (Å²) in [6, 6.07) is 5.98. The van der Waals surface area contributed by atoms with E-state index in [4.69, 9.17) is 0 Å². The molecule has 5 heteroatoms. The van der Waals surface area contributed by atoms with Crippen LogP contribution in [0.25, 0.3) is 0 Å². The van der Waals surface area contributed by atoms with Crippen molar-refractivity contribution in [2.45, 2.75) is 19.9 Å². The first-order valence-corrected chi connectivity index (χ1v) is 7.03. The van der Waals surface area contributed by atoms with Crippen molar-refractivity contribution >= 4 is 43.5 Å². The van der Waals surface area contributed by atoms with Crippen LogP contribution in [-0.2, 0) is 6.54 Å². The third-order valence-electron chi connectivity index (χ3n) is 2.38. The van der Waals surface area contributed by atoms with E-state index in [-0.39, 0.29) is 0 Å². The summed E-state index contributed by atoms with van der Waals surface area (Å²) in [7, 11) is 0. The molecule has 90 valence electrons. The van der Waals surface area contributed by atoms with Crippen LogP contribution in [0, 0.1) is 0 Å². The van der Waals surface area contributed by atoms with Gasteiger partial charge in [-0.15, -0.1) is 0 Å². The molecule has 1 aromatic carbocycles. The fourth-order valence-corrected chi connectivity index (χ4v) is 2.78. The lowest BCUT2D eigenvalue weighted by molar-refractivity contribution is 0.686. The molecule has 1 heterocycles. The molecule has 17 heavy (non-hydrogen) atoms. The second-order valence-electron chi connectivity index (χ2n) is 3.67. The van der Waals surface area contributed by atoms with Gasteiger partial charge in [0.05, 0.1) is 5.69 Å². The number of nitrogens with zero attached hydrogens (tertiary/aromatic N) is 2. The van der Waals surface area contributed by atoms with Gasteiger partial charge in [-0.05, 0) is 50.4 Å². The molecular formula is C12H13Br2N3. The lowest BCUT2D eigenvalue weighted by Gasteiger charge is -2.11. The standard InChI is InChI=1S/C12H13Br2N3/c1-2-7-17-8-6-15-12(17)16-11-9(13)4-3-5-10(11)14/h3-6,8H,2,7H2,1H3,(H,15,16). The minimum absolute atomic E-state index is 0.861. The second-order valence-corrected chi connectivity index (χ2v) is 5.37. The van der Waals surface area contributed by atoms with Gasteiger partial charge in [0, 0.05) is 27.9 Å². The van der Waals surface area contributed by atoms with Gasteiger partial charge in [0.15, 0.2) is 0 Å². The third-order valence-corrected chi connectivity index (χ3v) is 3.70. The molecule has 0 saturated heterocycles. The van der Waals surface area contributed by atoms with Gasteiger partial charge in [-0.1, -0.05) is 13.0 Å². The molecule has 0 spiro atoms. The van der Waals surface area contributed by atoms with Crippen LogP contribution in [0.1, 0.15) is 13.3 Å². The number of para-hydroxylation sites is 1. The van der Waals surface area contributed by atoms with Crippen LogP contribution in [-0.4, -0.2) is 9.55 Å². The Balaban J connectivity index is 2.28. The largest absolute Gasteiger partial charge is 0.324 e. The van der Waals surface area contributed by atoms with E-state index >= 15 is 0 Å². The minimum atomic E-state index is 0.861. The van der Waals surface area contributed by atoms with Crippen LogP contribution in [0.5, 0.6) is 0 Å². The molecule has 0 unspecified atom stereocenters. The van der Waals surface area contributed by atoms with Gasteiger partial charge in [0.25, 0.3) is 0 Å². The van der Waals surface area contributed by atoms with Crippen molar-refractivity contribution in [1.29, 1.82) is 0 Å². The number of anilines is 2. The van der Waals surface area contributed by atoms with E-state index in [9.17, 15) is 0 Å². The molecular weight excluding hydrogens is 346 g/mol. The van der Waals surface area contributed by atoms with Gasteiger partial charge in [-0.3, -0.25) is 0 Å². The van der Waals surface area contributed by atoms with Crippen molar-refractivity contribution in [2.24, 2.45) is 0 Å². The molecule has 1 N–H and O–H groups in total. The molecule has 0 saturated carbocycles. The maximum atomic E-state index is 4.32. The van der Waals surface area contributed by atoms with Gasteiger partial charge in [-0.2, -0.15) is 0 Å². The number of hydrogen-bond acceptors (Lipinski definition) is 2. The highest BCUT2D eigenvalue weighted by Crippen LogP contribution is 2.32. The van der Waals surface area contributed by atoms with E-state index in [2.05, 4.69) is 53.7 Å². The summed E-state index contributed by atoms with van der Waals surface area (Å²) in [6.07, 6.45) is 4.88. The lowest BCUT2D eigenvalue weighted by atomic mass is 10.3. The summed E-state index contributed by atoms with van der Waals surface area (Å²) >= 11 is 7.05. The first kappa shape index (κ1) is 12.6. The number of aryl methyl sites for hydroxylation is 1. The molecule has 0 aliphatic carbocycles. The summed E-state index contributed by atoms with van der Waals surface area (Å²) in [5.41, 5.74) is 0.996. The monoisotopic (exact) mass is 357 g/mol. The predicted octanol–water partition coefficient (Wildman–Crippen LogP) is 4.56. The van der Waals surface area contributed by atoms with Crippen LogP contribution in [0.15, 0.2) is 39.5 Å². The Morgan fingerprint density at radius 3 is 2.65 bits per heavy atom. The normalized spacial score (nSPS) is 10.5. The van der Waals surface area contributed by atoms with Crippen LogP contribution >= 0.6 is 31.9 Å². The van der Waals surface area contributed by atoms with Gasteiger partial charge in [0.2, 0.25) is 5.95 Å². The highest BCUT2D eigenvalue weighted by Gasteiger charge is 2.08. The Hall–Kier alpha value is -0.810. The molecule has 0 bridgehead atoms. The highest BCUT2D eigenvalue weighted by molar-refractivity contribution is 9.11. The number of aromatic nitrogens is 2. The molecule has 2 aromatic rings. The fourth-order valence-electron chi connectivity index (χ4n) is 1.58. The summed E-state index contributed by atoms with van der Waals surface area (Å²) in [6.45, 7) is 3.11. The van der Waals surface area contributed by atoms with E-state index in [1.54, 1.807) is 0 Å².